The second kappa shape index (κ2) is 4.23. The monoisotopic (exact) mass is 236 g/mol. The van der Waals surface area contributed by atoms with Crippen molar-refractivity contribution in [1.29, 1.82) is 0 Å². The first kappa shape index (κ1) is 12.0. The Balaban J connectivity index is 3.22. The maximum atomic E-state index is 12.4. The van der Waals surface area contributed by atoms with Gasteiger partial charge in [0.05, 0.1) is 10.6 Å². The van der Waals surface area contributed by atoms with Crippen LogP contribution in [0.5, 0.6) is 0 Å². The molecule has 1 atom stereocenters. The number of alkyl halides is 3. The van der Waals surface area contributed by atoms with E-state index in [-0.39, 0.29) is 5.02 Å². The van der Waals surface area contributed by atoms with Crippen molar-refractivity contribution in [3.05, 3.63) is 34.3 Å². The summed E-state index contributed by atoms with van der Waals surface area (Å²) in [5, 5.41) is -0.357. The van der Waals surface area contributed by atoms with Gasteiger partial charge in [0.25, 0.3) is 0 Å². The van der Waals surface area contributed by atoms with Gasteiger partial charge in [-0.2, -0.15) is 13.2 Å². The van der Waals surface area contributed by atoms with Crippen LogP contribution < -0.4 is 0 Å². The van der Waals surface area contributed by atoms with Gasteiger partial charge in [0.15, 0.2) is 0 Å². The number of carbonyl (C=O) groups excluding carboxylic acids is 1. The summed E-state index contributed by atoms with van der Waals surface area (Å²) in [7, 11) is 0. The van der Waals surface area contributed by atoms with E-state index in [1.165, 1.54) is 13.0 Å². The minimum atomic E-state index is -4.49. The van der Waals surface area contributed by atoms with Crippen LogP contribution in [0.3, 0.4) is 0 Å². The fourth-order valence-corrected chi connectivity index (χ4v) is 1.35. The third kappa shape index (κ3) is 2.72. The molecule has 15 heavy (non-hydrogen) atoms. The highest BCUT2D eigenvalue weighted by Crippen LogP contribution is 2.36. The summed E-state index contributed by atoms with van der Waals surface area (Å²) in [5.74, 6) is -0.566. The van der Waals surface area contributed by atoms with Gasteiger partial charge in [-0.3, -0.25) is 0 Å². The van der Waals surface area contributed by atoms with E-state index in [9.17, 15) is 18.0 Å². The Hall–Kier alpha value is -1.03. The van der Waals surface area contributed by atoms with Crippen LogP contribution in [-0.2, 0) is 11.0 Å². The van der Waals surface area contributed by atoms with Crippen molar-refractivity contribution in [3.8, 4) is 0 Å². The highest BCUT2D eigenvalue weighted by atomic mass is 35.5. The highest BCUT2D eigenvalue weighted by Gasteiger charge is 2.33. The van der Waals surface area contributed by atoms with Crippen molar-refractivity contribution in [2.24, 2.45) is 0 Å². The van der Waals surface area contributed by atoms with E-state index < -0.39 is 17.7 Å². The van der Waals surface area contributed by atoms with Crippen molar-refractivity contribution in [2.45, 2.75) is 19.0 Å². The van der Waals surface area contributed by atoms with Gasteiger partial charge < -0.3 is 4.79 Å². The molecular weight excluding hydrogens is 229 g/mol. The molecule has 0 N–H and O–H groups in total. The molecule has 0 aromatic heterocycles. The zero-order valence-electron chi connectivity index (χ0n) is 7.81. The standard InChI is InChI=1S/C10H8ClF3O/c1-6(5-15)7-2-3-9(11)8(4-7)10(12,13)14/h2-6H,1H3. The average molecular weight is 237 g/mol. The molecule has 1 aromatic rings. The fraction of sp³-hybridized carbons (Fsp3) is 0.300. The molecule has 0 amide bonds. The molecule has 0 saturated carbocycles. The first-order valence-corrected chi connectivity index (χ1v) is 4.56. The maximum Gasteiger partial charge on any atom is 0.417 e. The smallest absolute Gasteiger partial charge is 0.303 e. The Kier molecular flexibility index (Phi) is 3.39. The van der Waals surface area contributed by atoms with Gasteiger partial charge in [-0.05, 0) is 17.7 Å². The Morgan fingerprint density at radius 1 is 1.40 bits per heavy atom. The largest absolute Gasteiger partial charge is 0.417 e. The summed E-state index contributed by atoms with van der Waals surface area (Å²) in [4.78, 5) is 10.4. The van der Waals surface area contributed by atoms with Crippen LogP contribution in [0.1, 0.15) is 24.0 Å². The highest BCUT2D eigenvalue weighted by molar-refractivity contribution is 6.31. The van der Waals surface area contributed by atoms with Gasteiger partial charge in [-0.15, -0.1) is 0 Å². The van der Waals surface area contributed by atoms with E-state index in [4.69, 9.17) is 11.6 Å². The summed E-state index contributed by atoms with van der Waals surface area (Å²) in [6, 6.07) is 3.47. The molecule has 1 aromatic carbocycles. The first-order chi connectivity index (χ1) is 6.86. The zero-order valence-corrected chi connectivity index (χ0v) is 8.56. The number of benzene rings is 1. The zero-order chi connectivity index (χ0) is 11.6. The lowest BCUT2D eigenvalue weighted by atomic mass is 10.0. The molecule has 0 bridgehead atoms. The van der Waals surface area contributed by atoms with Crippen LogP contribution in [0, 0.1) is 0 Å². The van der Waals surface area contributed by atoms with Crippen LogP contribution in [0.2, 0.25) is 5.02 Å². The topological polar surface area (TPSA) is 17.1 Å². The SMILES string of the molecule is CC(C=O)c1ccc(Cl)c(C(F)(F)F)c1. The molecule has 0 heterocycles. The molecule has 1 nitrogen and oxygen atoms in total. The molecule has 82 valence electrons. The second-order valence-corrected chi connectivity index (χ2v) is 3.57. The van der Waals surface area contributed by atoms with Crippen LogP contribution in [0.4, 0.5) is 13.2 Å². The van der Waals surface area contributed by atoms with E-state index in [1.807, 2.05) is 0 Å². The summed E-state index contributed by atoms with van der Waals surface area (Å²) in [6.45, 7) is 1.52. The third-order valence-corrected chi connectivity index (χ3v) is 2.36. The Bertz CT molecular complexity index is 373. The second-order valence-electron chi connectivity index (χ2n) is 3.16. The van der Waals surface area contributed by atoms with Crippen molar-refractivity contribution in [2.75, 3.05) is 0 Å². The quantitative estimate of drug-likeness (QED) is 0.716. The lowest BCUT2D eigenvalue weighted by molar-refractivity contribution is -0.137. The summed E-state index contributed by atoms with van der Waals surface area (Å²) >= 11 is 5.42. The molecule has 0 radical (unpaired) electrons. The number of rotatable bonds is 2. The molecule has 0 fully saturated rings. The molecule has 0 aliphatic rings. The normalized spacial score (nSPS) is 13.7. The Labute approximate surface area is 89.9 Å². The van der Waals surface area contributed by atoms with Gasteiger partial charge in [-0.25, -0.2) is 0 Å². The molecule has 1 rings (SSSR count). The lowest BCUT2D eigenvalue weighted by Gasteiger charge is -2.12. The molecule has 1 unspecified atom stereocenters. The number of carbonyl (C=O) groups is 1. The number of aldehydes is 1. The van der Waals surface area contributed by atoms with Gasteiger partial charge in [0.2, 0.25) is 0 Å². The van der Waals surface area contributed by atoms with Crippen LogP contribution in [-0.4, -0.2) is 6.29 Å². The predicted octanol–water partition coefficient (Wildman–Crippen LogP) is 3.66. The first-order valence-electron chi connectivity index (χ1n) is 4.18. The van der Waals surface area contributed by atoms with Crippen LogP contribution in [0.15, 0.2) is 18.2 Å². The van der Waals surface area contributed by atoms with Crippen molar-refractivity contribution in [3.63, 3.8) is 0 Å². The third-order valence-electron chi connectivity index (χ3n) is 2.03. The lowest BCUT2D eigenvalue weighted by Crippen LogP contribution is -2.07. The molecule has 0 spiro atoms. The fourth-order valence-electron chi connectivity index (χ4n) is 1.12. The van der Waals surface area contributed by atoms with Crippen LogP contribution >= 0.6 is 11.6 Å². The minimum Gasteiger partial charge on any atom is -0.303 e. The Morgan fingerprint density at radius 3 is 2.47 bits per heavy atom. The van der Waals surface area contributed by atoms with Gasteiger partial charge in [0, 0.05) is 5.92 Å². The van der Waals surface area contributed by atoms with Crippen molar-refractivity contribution < 1.29 is 18.0 Å². The van der Waals surface area contributed by atoms with E-state index in [0.29, 0.717) is 11.8 Å². The molecule has 0 saturated heterocycles. The van der Waals surface area contributed by atoms with E-state index in [2.05, 4.69) is 0 Å². The molecular formula is C10H8ClF3O. The van der Waals surface area contributed by atoms with Gasteiger partial charge >= 0.3 is 6.18 Å². The van der Waals surface area contributed by atoms with E-state index in [0.717, 1.165) is 12.1 Å². The maximum absolute atomic E-state index is 12.4. The van der Waals surface area contributed by atoms with Crippen LogP contribution in [0.25, 0.3) is 0 Å². The summed E-state index contributed by atoms with van der Waals surface area (Å²) in [5.41, 5.74) is -0.600. The molecule has 0 aliphatic carbocycles. The summed E-state index contributed by atoms with van der Waals surface area (Å²) < 4.78 is 37.3. The number of hydrogen-bond acceptors (Lipinski definition) is 1. The van der Waals surface area contributed by atoms with E-state index in [1.54, 1.807) is 0 Å². The predicted molar refractivity (Wildman–Crippen MR) is 50.9 cm³/mol. The number of halogens is 4. The van der Waals surface area contributed by atoms with Gasteiger partial charge in [0.1, 0.15) is 6.29 Å². The van der Waals surface area contributed by atoms with Gasteiger partial charge in [-0.1, -0.05) is 24.6 Å². The van der Waals surface area contributed by atoms with Crippen molar-refractivity contribution in [1.82, 2.24) is 0 Å². The molecule has 0 aliphatic heterocycles. The Morgan fingerprint density at radius 2 is 2.00 bits per heavy atom. The average Bonchev–Trinajstić information content (AvgIpc) is 2.15. The molecule has 5 heteroatoms. The van der Waals surface area contributed by atoms with Crippen molar-refractivity contribution >= 4 is 17.9 Å². The number of hydrogen-bond donors (Lipinski definition) is 0. The minimum absolute atomic E-state index is 0.307. The summed E-state index contributed by atoms with van der Waals surface area (Å²) in [6.07, 6.45) is -3.90. The van der Waals surface area contributed by atoms with E-state index >= 15 is 0 Å².